The van der Waals surface area contributed by atoms with Crippen molar-refractivity contribution in [3.8, 4) is 11.5 Å². The number of rotatable bonds is 12. The van der Waals surface area contributed by atoms with Crippen LogP contribution in [-0.2, 0) is 0 Å². The van der Waals surface area contributed by atoms with E-state index in [0.29, 0.717) is 41.0 Å². The van der Waals surface area contributed by atoms with Gasteiger partial charge in [-0.1, -0.05) is 67.1 Å². The molecule has 0 aliphatic carbocycles. The van der Waals surface area contributed by atoms with Crippen LogP contribution in [0.1, 0.15) is 62.3 Å². The van der Waals surface area contributed by atoms with Crippen molar-refractivity contribution in [1.29, 1.82) is 5.41 Å². The van der Waals surface area contributed by atoms with Crippen LogP contribution in [0.15, 0.2) is 97.4 Å². The third kappa shape index (κ3) is 9.88. The van der Waals surface area contributed by atoms with Gasteiger partial charge < -0.3 is 30.9 Å². The van der Waals surface area contributed by atoms with Crippen molar-refractivity contribution < 1.29 is 14.6 Å². The number of aliphatic hydroxyl groups excluding tert-OH is 1. The van der Waals surface area contributed by atoms with Crippen LogP contribution < -0.4 is 20.9 Å². The highest BCUT2D eigenvalue weighted by Gasteiger charge is 2.17. The second-order valence-electron chi connectivity index (χ2n) is 11.1. The molecule has 0 radical (unpaired) electrons. The Morgan fingerprint density at radius 2 is 1.67 bits per heavy atom. The first-order chi connectivity index (χ1) is 21.6. The van der Waals surface area contributed by atoms with Gasteiger partial charge in [-0.2, -0.15) is 0 Å². The smallest absolute Gasteiger partial charge is 0.161 e. The van der Waals surface area contributed by atoms with E-state index < -0.39 is 0 Å². The lowest BCUT2D eigenvalue weighted by Crippen LogP contribution is -2.28. The molecule has 0 bridgehead atoms. The second kappa shape index (κ2) is 16.9. The summed E-state index contributed by atoms with van der Waals surface area (Å²) in [5.41, 5.74) is 20.4. The van der Waals surface area contributed by atoms with Crippen molar-refractivity contribution >= 4 is 28.2 Å². The van der Waals surface area contributed by atoms with Crippen LogP contribution in [0.3, 0.4) is 0 Å². The fourth-order valence-electron chi connectivity index (χ4n) is 5.11. The molecule has 238 valence electrons. The highest BCUT2D eigenvalue weighted by molar-refractivity contribution is 6.22. The Kier molecular flexibility index (Phi) is 13.1. The number of nitrogen functional groups attached to an aromatic ring is 1. The predicted octanol–water partition coefficient (Wildman–Crippen LogP) is 7.82. The summed E-state index contributed by atoms with van der Waals surface area (Å²) in [5.74, 6) is 1.27. The van der Waals surface area contributed by atoms with Crippen LogP contribution in [0.25, 0.3) is 16.7 Å². The van der Waals surface area contributed by atoms with Gasteiger partial charge in [0.15, 0.2) is 11.5 Å². The summed E-state index contributed by atoms with van der Waals surface area (Å²) in [6, 6.07) is 21.9. The van der Waals surface area contributed by atoms with Crippen LogP contribution in [0.2, 0.25) is 0 Å². The molecule has 0 fully saturated rings. The summed E-state index contributed by atoms with van der Waals surface area (Å²) < 4.78 is 10.9. The van der Waals surface area contributed by atoms with Crippen molar-refractivity contribution in [3.63, 3.8) is 0 Å². The van der Waals surface area contributed by atoms with Crippen molar-refractivity contribution in [3.05, 3.63) is 120 Å². The van der Waals surface area contributed by atoms with Gasteiger partial charge in [-0.05, 0) is 98.2 Å². The van der Waals surface area contributed by atoms with Gasteiger partial charge >= 0.3 is 0 Å². The number of anilines is 1. The zero-order chi connectivity index (χ0) is 32.9. The predicted molar refractivity (Wildman–Crippen MR) is 189 cm³/mol. The van der Waals surface area contributed by atoms with E-state index in [1.807, 2.05) is 37.3 Å². The lowest BCUT2D eigenvalue weighted by Gasteiger charge is -2.31. The molecule has 1 aliphatic rings. The van der Waals surface area contributed by atoms with E-state index in [1.54, 1.807) is 25.3 Å². The standard InChI is InChI=1S/C20H23N3O2.C18H25NO/c1-4-25-19-12-15(7-10-18(19)24-3)13(2)11-17(20(22)23)14-5-8-16(21)9-6-14;1-4-18(9-10-20)19-12-15(3)11-17(13-19)16-7-5-14(2)6-8-16/h5-12H,2,4,21H2,1,3H3,(H3,22,23);5-8,12-13,18,20H,4,9-11H2,1-3H3/b17-11-;. The fourth-order valence-corrected chi connectivity index (χ4v) is 5.11. The third-order valence-corrected chi connectivity index (χ3v) is 7.59. The number of hydrogen-bond acceptors (Lipinski definition) is 6. The lowest BCUT2D eigenvalue weighted by molar-refractivity contribution is 0.229. The van der Waals surface area contributed by atoms with Crippen LogP contribution in [0.4, 0.5) is 5.69 Å². The molecule has 4 rings (SSSR count). The average Bonchev–Trinajstić information content (AvgIpc) is 3.03. The summed E-state index contributed by atoms with van der Waals surface area (Å²) in [6.07, 6.45) is 9.13. The number of amidine groups is 1. The highest BCUT2D eigenvalue weighted by atomic mass is 16.5. The Hall–Kier alpha value is -4.75. The van der Waals surface area contributed by atoms with E-state index in [0.717, 1.165) is 30.4 Å². The third-order valence-electron chi connectivity index (χ3n) is 7.59. The average molecular weight is 609 g/mol. The van der Waals surface area contributed by atoms with Crippen molar-refractivity contribution in [1.82, 2.24) is 4.90 Å². The number of benzene rings is 3. The van der Waals surface area contributed by atoms with E-state index in [-0.39, 0.29) is 12.4 Å². The van der Waals surface area contributed by atoms with E-state index in [4.69, 9.17) is 26.4 Å². The van der Waals surface area contributed by atoms with Gasteiger partial charge in [0.05, 0.1) is 13.7 Å². The summed E-state index contributed by atoms with van der Waals surface area (Å²) >= 11 is 0. The molecule has 0 amide bonds. The second-order valence-corrected chi connectivity index (χ2v) is 11.1. The number of methoxy groups -OCH3 is 1. The molecule has 1 aliphatic heterocycles. The van der Waals surface area contributed by atoms with Crippen LogP contribution in [0.5, 0.6) is 11.5 Å². The first-order valence-electron chi connectivity index (χ1n) is 15.4. The molecule has 0 spiro atoms. The minimum atomic E-state index is -0.0375. The molecule has 7 heteroatoms. The van der Waals surface area contributed by atoms with Gasteiger partial charge in [0, 0.05) is 36.3 Å². The maximum Gasteiger partial charge on any atom is 0.161 e. The summed E-state index contributed by atoms with van der Waals surface area (Å²) in [7, 11) is 1.60. The van der Waals surface area contributed by atoms with E-state index in [9.17, 15) is 5.11 Å². The molecule has 45 heavy (non-hydrogen) atoms. The molecule has 3 aromatic rings. The number of aliphatic hydroxyl groups is 1. The molecule has 1 atom stereocenters. The van der Waals surface area contributed by atoms with Gasteiger partial charge in [-0.25, -0.2) is 0 Å². The zero-order valence-electron chi connectivity index (χ0n) is 27.3. The quantitative estimate of drug-likeness (QED) is 0.0721. The largest absolute Gasteiger partial charge is 0.493 e. The maximum atomic E-state index is 9.21. The number of nitrogens with zero attached hydrogens (tertiary/aromatic N) is 1. The Morgan fingerprint density at radius 1 is 1.00 bits per heavy atom. The van der Waals surface area contributed by atoms with Crippen molar-refractivity contribution in [2.45, 2.75) is 53.0 Å². The highest BCUT2D eigenvalue weighted by Crippen LogP contribution is 2.32. The Balaban J connectivity index is 0.000000251. The Bertz CT molecular complexity index is 1540. The fraction of sp³-hybridized carbons (Fsp3) is 0.289. The summed E-state index contributed by atoms with van der Waals surface area (Å²) in [5, 5.41) is 17.1. The number of aryl methyl sites for hydroxylation is 1. The normalized spacial score (nSPS) is 13.6. The van der Waals surface area contributed by atoms with Gasteiger partial charge in [-0.3, -0.25) is 5.41 Å². The van der Waals surface area contributed by atoms with Crippen molar-refractivity contribution in [2.24, 2.45) is 5.73 Å². The summed E-state index contributed by atoms with van der Waals surface area (Å²) in [6.45, 7) is 13.3. The number of allylic oxidation sites excluding steroid dienone is 4. The number of nitrogens with one attached hydrogen (secondary N) is 1. The van der Waals surface area contributed by atoms with E-state index in [1.165, 1.54) is 22.3 Å². The Labute approximate surface area is 268 Å². The minimum Gasteiger partial charge on any atom is -0.493 e. The van der Waals surface area contributed by atoms with Gasteiger partial charge in [0.2, 0.25) is 0 Å². The van der Waals surface area contributed by atoms with Crippen molar-refractivity contribution in [2.75, 3.05) is 26.1 Å². The number of nitrogens with two attached hydrogens (primary N) is 2. The van der Waals surface area contributed by atoms with Crippen LogP contribution in [0, 0.1) is 12.3 Å². The first kappa shape index (κ1) is 34.7. The molecule has 7 nitrogen and oxygen atoms in total. The molecule has 0 saturated heterocycles. The number of ether oxygens (including phenoxy) is 2. The number of hydrogen-bond donors (Lipinski definition) is 4. The maximum absolute atomic E-state index is 9.21. The van der Waals surface area contributed by atoms with Crippen LogP contribution >= 0.6 is 0 Å². The van der Waals surface area contributed by atoms with E-state index in [2.05, 4.69) is 68.9 Å². The SMILES string of the molecule is C=C(/C=C(\C(=N)N)c1ccc(N)cc1)c1ccc(OC)c(OCC)c1.CCC(CCO)N1C=C(C)CC(c2ccc(C)cc2)=C1. The topological polar surface area (TPSA) is 118 Å². The van der Waals surface area contributed by atoms with E-state index >= 15 is 0 Å². The molecule has 3 aromatic carbocycles. The molecule has 6 N–H and O–H groups in total. The molecule has 1 unspecified atom stereocenters. The molecule has 1 heterocycles. The summed E-state index contributed by atoms with van der Waals surface area (Å²) in [4.78, 5) is 2.28. The monoisotopic (exact) mass is 608 g/mol. The zero-order valence-corrected chi connectivity index (χ0v) is 27.3. The Morgan fingerprint density at radius 3 is 2.24 bits per heavy atom. The van der Waals surface area contributed by atoms with Gasteiger partial charge in [-0.15, -0.1) is 0 Å². The first-order valence-corrected chi connectivity index (χ1v) is 15.4. The minimum absolute atomic E-state index is 0.0375. The molecule has 0 aromatic heterocycles. The lowest BCUT2D eigenvalue weighted by atomic mass is 9.96. The van der Waals surface area contributed by atoms with Gasteiger partial charge in [0.1, 0.15) is 5.84 Å². The van der Waals surface area contributed by atoms with Crippen LogP contribution in [-0.4, -0.2) is 42.2 Å². The molecule has 0 saturated carbocycles. The molecular weight excluding hydrogens is 560 g/mol. The van der Waals surface area contributed by atoms with Gasteiger partial charge in [0.25, 0.3) is 0 Å². The molecular formula is C38H48N4O3.